The number of hydrogen-bond acceptors (Lipinski definition) is 3. The predicted octanol–water partition coefficient (Wildman–Crippen LogP) is 2.95. The Hall–Kier alpha value is -3.00. The lowest BCUT2D eigenvalue weighted by atomic mass is 10.1. The van der Waals surface area contributed by atoms with Crippen LogP contribution < -0.4 is 15.5 Å². The maximum atomic E-state index is 13.2. The molecule has 2 aromatic rings. The number of rotatable bonds is 5. The van der Waals surface area contributed by atoms with Crippen LogP contribution in [0.25, 0.3) is 0 Å². The standard InChI is InChI=1S/C19H19F2N3O3/c20-15-8-3-12(10-16(15)21)17(25)11-22-19(27)23-13-4-6-14(7-5-13)24-9-1-2-18(24)26/h3-8,10,17,25H,1-2,9,11H2,(H2,22,23,27). The Morgan fingerprint density at radius 3 is 2.52 bits per heavy atom. The van der Waals surface area contributed by atoms with E-state index in [0.717, 1.165) is 24.2 Å². The lowest BCUT2D eigenvalue weighted by Crippen LogP contribution is -2.32. The van der Waals surface area contributed by atoms with Crippen molar-refractivity contribution in [2.45, 2.75) is 18.9 Å². The molecule has 1 aliphatic heterocycles. The number of nitrogens with zero attached hydrogens (tertiary/aromatic N) is 1. The first-order chi connectivity index (χ1) is 12.9. The predicted molar refractivity (Wildman–Crippen MR) is 96.4 cm³/mol. The molecule has 2 aromatic carbocycles. The third-order valence-electron chi connectivity index (χ3n) is 4.29. The molecule has 0 bridgehead atoms. The molecule has 0 saturated carbocycles. The summed E-state index contributed by atoms with van der Waals surface area (Å²) in [6.07, 6.45) is 0.207. The van der Waals surface area contributed by atoms with Gasteiger partial charge in [-0.3, -0.25) is 4.79 Å². The molecule has 0 spiro atoms. The Morgan fingerprint density at radius 1 is 1.15 bits per heavy atom. The highest BCUT2D eigenvalue weighted by Gasteiger charge is 2.21. The molecule has 1 unspecified atom stereocenters. The second kappa shape index (κ2) is 8.13. The first-order valence-electron chi connectivity index (χ1n) is 8.52. The quantitative estimate of drug-likeness (QED) is 0.752. The van der Waals surface area contributed by atoms with E-state index < -0.39 is 23.8 Å². The minimum atomic E-state index is -1.17. The third kappa shape index (κ3) is 4.59. The topological polar surface area (TPSA) is 81.7 Å². The summed E-state index contributed by atoms with van der Waals surface area (Å²) in [6.45, 7) is 0.519. The smallest absolute Gasteiger partial charge is 0.319 e. The minimum absolute atomic E-state index is 0.0830. The molecule has 142 valence electrons. The number of anilines is 2. The lowest BCUT2D eigenvalue weighted by molar-refractivity contribution is -0.117. The number of urea groups is 1. The summed E-state index contributed by atoms with van der Waals surface area (Å²) in [7, 11) is 0. The van der Waals surface area contributed by atoms with Gasteiger partial charge in [0.25, 0.3) is 0 Å². The highest BCUT2D eigenvalue weighted by molar-refractivity contribution is 5.96. The zero-order valence-electron chi connectivity index (χ0n) is 14.4. The first-order valence-corrected chi connectivity index (χ1v) is 8.52. The first kappa shape index (κ1) is 18.8. The molecule has 1 aliphatic rings. The van der Waals surface area contributed by atoms with Gasteiger partial charge >= 0.3 is 6.03 Å². The molecule has 1 fully saturated rings. The molecule has 3 amide bonds. The Kier molecular flexibility index (Phi) is 5.66. The van der Waals surface area contributed by atoms with E-state index in [-0.39, 0.29) is 18.0 Å². The van der Waals surface area contributed by atoms with Crippen molar-refractivity contribution < 1.29 is 23.5 Å². The minimum Gasteiger partial charge on any atom is -0.387 e. The Labute approximate surface area is 154 Å². The molecule has 0 aromatic heterocycles. The maximum absolute atomic E-state index is 13.2. The number of halogens is 2. The van der Waals surface area contributed by atoms with Crippen LogP contribution >= 0.6 is 0 Å². The van der Waals surface area contributed by atoms with Gasteiger partial charge < -0.3 is 20.6 Å². The van der Waals surface area contributed by atoms with Crippen LogP contribution in [0.1, 0.15) is 24.5 Å². The fourth-order valence-corrected chi connectivity index (χ4v) is 2.85. The van der Waals surface area contributed by atoms with Crippen molar-refractivity contribution in [2.24, 2.45) is 0 Å². The molecule has 3 rings (SSSR count). The highest BCUT2D eigenvalue weighted by atomic mass is 19.2. The van der Waals surface area contributed by atoms with E-state index in [0.29, 0.717) is 18.7 Å². The van der Waals surface area contributed by atoms with Gasteiger partial charge in [-0.15, -0.1) is 0 Å². The average molecular weight is 375 g/mol. The number of hydrogen-bond donors (Lipinski definition) is 3. The van der Waals surface area contributed by atoms with Crippen LogP contribution in [0.3, 0.4) is 0 Å². The Bertz CT molecular complexity index is 843. The summed E-state index contributed by atoms with van der Waals surface area (Å²) in [5.41, 5.74) is 1.45. The van der Waals surface area contributed by atoms with E-state index in [1.54, 1.807) is 29.2 Å². The van der Waals surface area contributed by atoms with Crippen molar-refractivity contribution in [3.8, 4) is 0 Å². The maximum Gasteiger partial charge on any atom is 0.319 e. The number of nitrogens with one attached hydrogen (secondary N) is 2. The molecule has 8 heteroatoms. The van der Waals surface area contributed by atoms with Crippen LogP contribution in [0.2, 0.25) is 0 Å². The Balaban J connectivity index is 1.51. The molecular formula is C19H19F2N3O3. The van der Waals surface area contributed by atoms with Crippen molar-refractivity contribution in [1.29, 1.82) is 0 Å². The van der Waals surface area contributed by atoms with E-state index in [1.165, 1.54) is 6.07 Å². The van der Waals surface area contributed by atoms with Crippen molar-refractivity contribution in [1.82, 2.24) is 5.32 Å². The van der Waals surface area contributed by atoms with E-state index >= 15 is 0 Å². The van der Waals surface area contributed by atoms with E-state index in [9.17, 15) is 23.5 Å². The van der Waals surface area contributed by atoms with Gasteiger partial charge in [-0.2, -0.15) is 0 Å². The van der Waals surface area contributed by atoms with Gasteiger partial charge in [0.1, 0.15) is 0 Å². The molecule has 1 heterocycles. The van der Waals surface area contributed by atoms with Crippen molar-refractivity contribution in [2.75, 3.05) is 23.3 Å². The number of aliphatic hydroxyl groups is 1. The van der Waals surface area contributed by atoms with Crippen LogP contribution in [0, 0.1) is 11.6 Å². The molecular weight excluding hydrogens is 356 g/mol. The van der Waals surface area contributed by atoms with Gasteiger partial charge in [-0.1, -0.05) is 6.07 Å². The summed E-state index contributed by atoms with van der Waals surface area (Å²) < 4.78 is 26.1. The Morgan fingerprint density at radius 2 is 1.89 bits per heavy atom. The van der Waals surface area contributed by atoms with Gasteiger partial charge in [-0.25, -0.2) is 13.6 Å². The number of carbonyl (C=O) groups excluding carboxylic acids is 2. The van der Waals surface area contributed by atoms with Crippen molar-refractivity contribution in [3.63, 3.8) is 0 Å². The summed E-state index contributed by atoms with van der Waals surface area (Å²) in [5, 5.41) is 15.0. The molecule has 6 nitrogen and oxygen atoms in total. The molecule has 0 aliphatic carbocycles. The normalized spacial score (nSPS) is 14.9. The molecule has 1 atom stereocenters. The van der Waals surface area contributed by atoms with Crippen LogP contribution in [-0.4, -0.2) is 30.1 Å². The highest BCUT2D eigenvalue weighted by Crippen LogP contribution is 2.23. The lowest BCUT2D eigenvalue weighted by Gasteiger charge is -2.16. The summed E-state index contributed by atoms with van der Waals surface area (Å²) in [5.74, 6) is -1.98. The molecule has 0 radical (unpaired) electrons. The van der Waals surface area contributed by atoms with E-state index in [4.69, 9.17) is 0 Å². The summed E-state index contributed by atoms with van der Waals surface area (Å²) >= 11 is 0. The van der Waals surface area contributed by atoms with Crippen molar-refractivity contribution in [3.05, 3.63) is 59.7 Å². The number of carbonyl (C=O) groups is 2. The van der Waals surface area contributed by atoms with E-state index in [1.807, 2.05) is 0 Å². The third-order valence-corrected chi connectivity index (χ3v) is 4.29. The summed E-state index contributed by atoms with van der Waals surface area (Å²) in [6, 6.07) is 9.34. The number of benzene rings is 2. The fraction of sp³-hybridized carbons (Fsp3) is 0.263. The number of aliphatic hydroxyl groups excluding tert-OH is 1. The molecule has 27 heavy (non-hydrogen) atoms. The SMILES string of the molecule is O=C(NCC(O)c1ccc(F)c(F)c1)Nc1ccc(N2CCCC2=O)cc1. The van der Waals surface area contributed by atoms with Crippen LogP contribution in [0.15, 0.2) is 42.5 Å². The van der Waals surface area contributed by atoms with Crippen LogP contribution in [-0.2, 0) is 4.79 Å². The zero-order valence-corrected chi connectivity index (χ0v) is 14.4. The fourth-order valence-electron chi connectivity index (χ4n) is 2.85. The van der Waals surface area contributed by atoms with Gasteiger partial charge in [-0.05, 0) is 48.4 Å². The summed E-state index contributed by atoms with van der Waals surface area (Å²) in [4.78, 5) is 25.3. The van der Waals surface area contributed by atoms with Crippen molar-refractivity contribution >= 4 is 23.3 Å². The molecule has 1 saturated heterocycles. The zero-order chi connectivity index (χ0) is 19.4. The monoisotopic (exact) mass is 375 g/mol. The largest absolute Gasteiger partial charge is 0.387 e. The average Bonchev–Trinajstić information content (AvgIpc) is 3.08. The van der Waals surface area contributed by atoms with Gasteiger partial charge in [0, 0.05) is 30.9 Å². The number of amides is 3. The molecule has 3 N–H and O–H groups in total. The van der Waals surface area contributed by atoms with Crippen LogP contribution in [0.5, 0.6) is 0 Å². The van der Waals surface area contributed by atoms with Gasteiger partial charge in [0.2, 0.25) is 5.91 Å². The van der Waals surface area contributed by atoms with E-state index in [2.05, 4.69) is 10.6 Å². The van der Waals surface area contributed by atoms with Gasteiger partial charge in [0.05, 0.1) is 6.10 Å². The van der Waals surface area contributed by atoms with Crippen LogP contribution in [0.4, 0.5) is 25.0 Å². The second-order valence-corrected chi connectivity index (χ2v) is 6.22. The second-order valence-electron chi connectivity index (χ2n) is 6.22. The van der Waals surface area contributed by atoms with Gasteiger partial charge in [0.15, 0.2) is 11.6 Å².